The number of methoxy groups -OCH3 is 1. The standard InChI is InChI=1S/C18H18ClNO4S2/c1-24-17(21)16(19)18(11-12-18)25-15-10-6-5-9-14(15)20-26(22,23)13-7-3-2-4-8-13/h2-10,16,20H,11-12H2,1H3. The predicted molar refractivity (Wildman–Crippen MR) is 103 cm³/mol. The number of hydrogen-bond donors (Lipinski definition) is 1. The van der Waals surface area contributed by atoms with Crippen molar-refractivity contribution in [3.63, 3.8) is 0 Å². The first kappa shape index (κ1) is 19.1. The van der Waals surface area contributed by atoms with Gasteiger partial charge in [-0.05, 0) is 37.1 Å². The highest BCUT2D eigenvalue weighted by atomic mass is 35.5. The lowest BCUT2D eigenvalue weighted by Gasteiger charge is -2.21. The molecule has 26 heavy (non-hydrogen) atoms. The second-order valence-corrected chi connectivity index (χ2v) is 9.54. The molecule has 0 amide bonds. The van der Waals surface area contributed by atoms with Crippen LogP contribution in [-0.2, 0) is 19.6 Å². The third kappa shape index (κ3) is 4.00. The maximum absolute atomic E-state index is 12.6. The summed E-state index contributed by atoms with van der Waals surface area (Å²) in [5, 5.41) is -0.781. The quantitative estimate of drug-likeness (QED) is 0.552. The van der Waals surface area contributed by atoms with Crippen molar-refractivity contribution >= 4 is 45.0 Å². The largest absolute Gasteiger partial charge is 0.468 e. The Labute approximate surface area is 162 Å². The second kappa shape index (κ2) is 7.50. The lowest BCUT2D eigenvalue weighted by atomic mass is 10.3. The summed E-state index contributed by atoms with van der Waals surface area (Å²) in [5.74, 6) is -0.473. The molecular formula is C18H18ClNO4S2. The summed E-state index contributed by atoms with van der Waals surface area (Å²) in [7, 11) is -2.39. The minimum Gasteiger partial charge on any atom is -0.468 e. The number of rotatable bonds is 7. The van der Waals surface area contributed by atoms with E-state index in [1.165, 1.54) is 31.0 Å². The number of para-hydroxylation sites is 1. The fourth-order valence-electron chi connectivity index (χ4n) is 2.51. The molecule has 138 valence electrons. The summed E-state index contributed by atoms with van der Waals surface area (Å²) in [4.78, 5) is 12.7. The van der Waals surface area contributed by atoms with Crippen molar-refractivity contribution in [2.75, 3.05) is 11.8 Å². The van der Waals surface area contributed by atoms with Crippen molar-refractivity contribution in [3.05, 3.63) is 54.6 Å². The molecule has 1 unspecified atom stereocenters. The van der Waals surface area contributed by atoms with Crippen molar-refractivity contribution in [1.82, 2.24) is 0 Å². The normalized spacial score (nSPS) is 16.5. The van der Waals surface area contributed by atoms with Gasteiger partial charge in [-0.2, -0.15) is 0 Å². The highest BCUT2D eigenvalue weighted by molar-refractivity contribution is 8.01. The molecule has 8 heteroatoms. The molecule has 1 fully saturated rings. The van der Waals surface area contributed by atoms with E-state index in [9.17, 15) is 13.2 Å². The van der Waals surface area contributed by atoms with E-state index in [1.807, 2.05) is 12.1 Å². The lowest BCUT2D eigenvalue weighted by molar-refractivity contribution is -0.140. The fraction of sp³-hybridized carbons (Fsp3) is 0.278. The first-order valence-electron chi connectivity index (χ1n) is 7.96. The number of nitrogens with one attached hydrogen (secondary N) is 1. The van der Waals surface area contributed by atoms with E-state index in [1.54, 1.807) is 30.3 Å². The molecule has 2 aromatic carbocycles. The number of carbonyl (C=O) groups is 1. The average molecular weight is 412 g/mol. The predicted octanol–water partition coefficient (Wildman–Crippen LogP) is 3.89. The van der Waals surface area contributed by atoms with Crippen LogP contribution in [0.25, 0.3) is 0 Å². The number of esters is 1. The van der Waals surface area contributed by atoms with Crippen molar-refractivity contribution in [2.24, 2.45) is 0 Å². The number of halogens is 1. The molecule has 0 radical (unpaired) electrons. The van der Waals surface area contributed by atoms with Crippen LogP contribution < -0.4 is 4.72 Å². The molecule has 0 heterocycles. The van der Waals surface area contributed by atoms with E-state index in [-0.39, 0.29) is 4.90 Å². The van der Waals surface area contributed by atoms with Gasteiger partial charge in [0.1, 0.15) is 5.38 Å². The van der Waals surface area contributed by atoms with Crippen LogP contribution in [0.15, 0.2) is 64.4 Å². The number of hydrogen-bond acceptors (Lipinski definition) is 5. The van der Waals surface area contributed by atoms with Gasteiger partial charge in [0.25, 0.3) is 10.0 Å². The van der Waals surface area contributed by atoms with Gasteiger partial charge in [-0.1, -0.05) is 30.3 Å². The van der Waals surface area contributed by atoms with E-state index < -0.39 is 26.1 Å². The molecule has 0 aliphatic heterocycles. The molecule has 1 aliphatic carbocycles. The Bertz CT molecular complexity index is 898. The van der Waals surface area contributed by atoms with E-state index in [4.69, 9.17) is 16.3 Å². The zero-order valence-electron chi connectivity index (χ0n) is 14.0. The summed E-state index contributed by atoms with van der Waals surface area (Å²) in [6.07, 6.45) is 1.53. The van der Waals surface area contributed by atoms with Crippen molar-refractivity contribution < 1.29 is 17.9 Å². The van der Waals surface area contributed by atoms with E-state index >= 15 is 0 Å². The monoisotopic (exact) mass is 411 g/mol. The number of benzene rings is 2. The molecule has 5 nitrogen and oxygen atoms in total. The minimum absolute atomic E-state index is 0.186. The number of thioether (sulfide) groups is 1. The molecule has 3 rings (SSSR count). The van der Waals surface area contributed by atoms with Gasteiger partial charge in [0.2, 0.25) is 0 Å². The first-order chi connectivity index (χ1) is 12.4. The SMILES string of the molecule is COC(=O)C(Cl)C1(Sc2ccccc2NS(=O)(=O)c2ccccc2)CC1. The molecule has 0 spiro atoms. The van der Waals surface area contributed by atoms with Gasteiger partial charge in [0, 0.05) is 9.64 Å². The lowest BCUT2D eigenvalue weighted by Crippen LogP contribution is -2.29. The molecule has 0 bridgehead atoms. The molecule has 1 atom stereocenters. The molecule has 0 saturated heterocycles. The zero-order valence-corrected chi connectivity index (χ0v) is 16.4. The Hall–Kier alpha value is -1.70. The highest BCUT2D eigenvalue weighted by Crippen LogP contribution is 2.57. The summed E-state index contributed by atoms with van der Waals surface area (Å²) >= 11 is 7.69. The third-order valence-corrected chi connectivity index (χ3v) is 7.84. The Morgan fingerprint density at radius 3 is 2.38 bits per heavy atom. The summed E-state index contributed by atoms with van der Waals surface area (Å²) in [6.45, 7) is 0. The molecular weight excluding hydrogens is 394 g/mol. The Balaban J connectivity index is 1.85. The Morgan fingerprint density at radius 1 is 1.15 bits per heavy atom. The van der Waals surface area contributed by atoms with Gasteiger partial charge in [-0.25, -0.2) is 8.42 Å². The first-order valence-corrected chi connectivity index (χ1v) is 10.7. The second-order valence-electron chi connectivity index (χ2n) is 5.97. The summed E-state index contributed by atoms with van der Waals surface area (Å²) in [6, 6.07) is 15.2. The number of alkyl halides is 1. The van der Waals surface area contributed by atoms with Gasteiger partial charge in [-0.15, -0.1) is 23.4 Å². The number of anilines is 1. The minimum atomic E-state index is -3.70. The van der Waals surface area contributed by atoms with Crippen molar-refractivity contribution in [2.45, 2.75) is 32.8 Å². The van der Waals surface area contributed by atoms with Gasteiger partial charge in [0.15, 0.2) is 0 Å². The summed E-state index contributed by atoms with van der Waals surface area (Å²) < 4.78 is 32.1. The third-order valence-electron chi connectivity index (χ3n) is 4.11. The molecule has 2 aromatic rings. The molecule has 1 N–H and O–H groups in total. The fourth-order valence-corrected chi connectivity index (χ4v) is 5.44. The molecule has 1 aliphatic rings. The molecule has 0 aromatic heterocycles. The Morgan fingerprint density at radius 2 is 1.77 bits per heavy atom. The Kier molecular flexibility index (Phi) is 5.50. The van der Waals surface area contributed by atoms with Crippen molar-refractivity contribution in [3.8, 4) is 0 Å². The van der Waals surface area contributed by atoms with Gasteiger partial charge in [-0.3, -0.25) is 9.52 Å². The number of sulfonamides is 1. The van der Waals surface area contributed by atoms with E-state index in [0.29, 0.717) is 5.69 Å². The van der Waals surface area contributed by atoms with Gasteiger partial charge in [0.05, 0.1) is 17.7 Å². The van der Waals surface area contributed by atoms with Crippen LogP contribution in [0.2, 0.25) is 0 Å². The highest BCUT2D eigenvalue weighted by Gasteiger charge is 2.53. The summed E-state index contributed by atoms with van der Waals surface area (Å²) in [5.41, 5.74) is 0.460. The van der Waals surface area contributed by atoms with Crippen LogP contribution in [0.5, 0.6) is 0 Å². The van der Waals surface area contributed by atoms with E-state index in [0.717, 1.165) is 17.7 Å². The van der Waals surface area contributed by atoms with Gasteiger partial charge < -0.3 is 4.74 Å². The molecule has 1 saturated carbocycles. The average Bonchev–Trinajstić information content (AvgIpc) is 3.43. The smallest absolute Gasteiger partial charge is 0.325 e. The topological polar surface area (TPSA) is 72.5 Å². The van der Waals surface area contributed by atoms with Crippen LogP contribution in [0, 0.1) is 0 Å². The van der Waals surface area contributed by atoms with Crippen LogP contribution >= 0.6 is 23.4 Å². The number of ether oxygens (including phenoxy) is 1. The van der Waals surface area contributed by atoms with E-state index in [2.05, 4.69) is 4.72 Å². The van der Waals surface area contributed by atoms with Crippen LogP contribution in [0.4, 0.5) is 5.69 Å². The van der Waals surface area contributed by atoms with Gasteiger partial charge >= 0.3 is 5.97 Å². The van der Waals surface area contributed by atoms with Crippen LogP contribution in [0.3, 0.4) is 0 Å². The van der Waals surface area contributed by atoms with Crippen molar-refractivity contribution in [1.29, 1.82) is 0 Å². The maximum atomic E-state index is 12.6. The zero-order chi connectivity index (χ0) is 18.8. The van der Waals surface area contributed by atoms with Crippen LogP contribution in [0.1, 0.15) is 12.8 Å². The maximum Gasteiger partial charge on any atom is 0.325 e. The number of carbonyl (C=O) groups excluding carboxylic acids is 1. The van der Waals surface area contributed by atoms with Crippen LogP contribution in [-0.4, -0.2) is 31.6 Å².